The molecule has 0 saturated heterocycles. The van der Waals surface area contributed by atoms with Gasteiger partial charge in [0.1, 0.15) is 11.4 Å². The highest BCUT2D eigenvalue weighted by molar-refractivity contribution is 6.35. The molecule has 1 unspecified atom stereocenters. The lowest BCUT2D eigenvalue weighted by atomic mass is 9.83. The molecule has 2 rings (SSSR count). The summed E-state index contributed by atoms with van der Waals surface area (Å²) in [6.45, 7) is 0. The number of hydrogen-bond acceptors (Lipinski definition) is 7. The van der Waals surface area contributed by atoms with Crippen LogP contribution < -0.4 is 0 Å². The van der Waals surface area contributed by atoms with Crippen LogP contribution in [0.3, 0.4) is 0 Å². The maximum Gasteiger partial charge on any atom is 0.313 e. The summed E-state index contributed by atoms with van der Waals surface area (Å²) < 4.78 is 0. The summed E-state index contributed by atoms with van der Waals surface area (Å²) in [7, 11) is 0.987. The van der Waals surface area contributed by atoms with Crippen molar-refractivity contribution in [3.63, 3.8) is 0 Å². The van der Waals surface area contributed by atoms with Gasteiger partial charge in [-0.25, -0.2) is 5.06 Å². The fourth-order valence-electron chi connectivity index (χ4n) is 2.68. The molecule has 0 fully saturated rings. The number of Topliss-reactive ketones (excluding diaryl/α,β-unsaturated/α-hetero) is 1. The average Bonchev–Trinajstić information content (AvgIpc) is 2.61. The lowest BCUT2D eigenvalue weighted by Gasteiger charge is -2.28. The Morgan fingerprint density at radius 1 is 1.19 bits per heavy atom. The van der Waals surface area contributed by atoms with Crippen LogP contribution in [0.25, 0.3) is 0 Å². The second kappa shape index (κ2) is 7.94. The molecule has 0 bridgehead atoms. The molecule has 0 aliphatic heterocycles. The number of non-ortho nitro benzene ring substituents is 1. The largest absolute Gasteiger partial charge is 0.508 e. The molecule has 2 aromatic rings. The molecule has 142 valence electrons. The van der Waals surface area contributed by atoms with E-state index in [-0.39, 0.29) is 28.5 Å². The second-order valence-corrected chi connectivity index (χ2v) is 6.11. The molecular weight excluding hydrogens is 356 g/mol. The monoisotopic (exact) mass is 374 g/mol. The number of nitro groups is 1. The van der Waals surface area contributed by atoms with Gasteiger partial charge in [0.2, 0.25) is 5.78 Å². The van der Waals surface area contributed by atoms with Crippen LogP contribution in [-0.4, -0.2) is 44.1 Å². The molecule has 1 atom stereocenters. The number of carbonyl (C=O) groups excluding carboxylic acids is 2. The van der Waals surface area contributed by atoms with E-state index in [1.165, 1.54) is 42.5 Å². The normalized spacial score (nSPS) is 12.9. The summed E-state index contributed by atoms with van der Waals surface area (Å²) in [5.74, 6) is -2.30. The summed E-state index contributed by atoms with van der Waals surface area (Å²) in [5, 5.41) is 40.8. The number of aliphatic hydroxyl groups is 1. The van der Waals surface area contributed by atoms with Gasteiger partial charge in [0.25, 0.3) is 5.69 Å². The number of nitrogens with zero attached hydrogens (tertiary/aromatic N) is 2. The zero-order valence-electron chi connectivity index (χ0n) is 14.4. The fraction of sp³-hybridized carbons (Fsp3) is 0.222. The summed E-state index contributed by atoms with van der Waals surface area (Å²) in [4.78, 5) is 34.2. The highest BCUT2D eigenvalue weighted by Crippen LogP contribution is 2.32. The number of nitro benzene ring substituents is 1. The molecule has 1 amide bonds. The van der Waals surface area contributed by atoms with Gasteiger partial charge < -0.3 is 10.2 Å². The molecule has 0 aromatic heterocycles. The van der Waals surface area contributed by atoms with Crippen molar-refractivity contribution in [2.45, 2.75) is 18.4 Å². The smallest absolute Gasteiger partial charge is 0.313 e. The standard InChI is InChI=1S/C18H18N2O7/c1-19(25)17(23)16(22)11-18(24,13-5-7-15(21)8-6-13)10-12-3-2-4-14(9-12)20(26)27/h2-9,21,24-25H,10-11H2,1H3. The number of hydrogen-bond donors (Lipinski definition) is 3. The van der Waals surface area contributed by atoms with Gasteiger partial charge in [-0.1, -0.05) is 24.3 Å². The van der Waals surface area contributed by atoms with E-state index in [0.29, 0.717) is 5.56 Å². The number of benzene rings is 2. The quantitative estimate of drug-likeness (QED) is 0.289. The Bertz CT molecular complexity index is 864. The number of aromatic hydroxyl groups is 1. The Labute approximate surface area is 154 Å². The number of carbonyl (C=O) groups is 2. The summed E-state index contributed by atoms with van der Waals surface area (Å²) >= 11 is 0. The first kappa shape index (κ1) is 20.0. The lowest BCUT2D eigenvalue weighted by Crippen LogP contribution is -2.38. The van der Waals surface area contributed by atoms with E-state index >= 15 is 0 Å². The van der Waals surface area contributed by atoms with Crippen LogP contribution in [0, 0.1) is 10.1 Å². The van der Waals surface area contributed by atoms with Gasteiger partial charge in [-0.15, -0.1) is 0 Å². The number of likely N-dealkylation sites (N-methyl/N-ethyl adjacent to an activating group) is 1. The Hall–Kier alpha value is -3.30. The van der Waals surface area contributed by atoms with E-state index < -0.39 is 28.6 Å². The first-order chi connectivity index (χ1) is 12.6. The van der Waals surface area contributed by atoms with E-state index in [0.717, 1.165) is 7.05 Å². The molecule has 2 aromatic carbocycles. The lowest BCUT2D eigenvalue weighted by molar-refractivity contribution is -0.384. The number of rotatable bonds is 7. The highest BCUT2D eigenvalue weighted by Gasteiger charge is 2.35. The first-order valence-corrected chi connectivity index (χ1v) is 7.87. The first-order valence-electron chi connectivity index (χ1n) is 7.87. The van der Waals surface area contributed by atoms with Crippen molar-refractivity contribution in [2.75, 3.05) is 7.05 Å². The van der Waals surface area contributed by atoms with Crippen LogP contribution in [0.4, 0.5) is 5.69 Å². The van der Waals surface area contributed by atoms with Gasteiger partial charge in [0.05, 0.1) is 4.92 Å². The van der Waals surface area contributed by atoms with Crippen molar-refractivity contribution < 1.29 is 29.9 Å². The van der Waals surface area contributed by atoms with Gasteiger partial charge in [-0.3, -0.25) is 24.9 Å². The molecular formula is C18H18N2O7. The molecule has 0 saturated carbocycles. The average molecular weight is 374 g/mol. The summed E-state index contributed by atoms with van der Waals surface area (Å²) in [6.07, 6.45) is -0.863. The maximum atomic E-state index is 12.1. The van der Waals surface area contributed by atoms with Gasteiger partial charge in [-0.2, -0.15) is 0 Å². The highest BCUT2D eigenvalue weighted by atomic mass is 16.6. The van der Waals surface area contributed by atoms with Crippen molar-refractivity contribution in [3.05, 3.63) is 69.8 Å². The minimum Gasteiger partial charge on any atom is -0.508 e. The van der Waals surface area contributed by atoms with Gasteiger partial charge in [0, 0.05) is 32.0 Å². The van der Waals surface area contributed by atoms with Crippen LogP contribution in [-0.2, 0) is 21.6 Å². The topological polar surface area (TPSA) is 141 Å². The number of phenols is 1. The molecule has 0 radical (unpaired) electrons. The van der Waals surface area contributed by atoms with Crippen molar-refractivity contribution in [1.29, 1.82) is 0 Å². The van der Waals surface area contributed by atoms with Crippen molar-refractivity contribution in [1.82, 2.24) is 5.06 Å². The molecule has 0 aliphatic carbocycles. The Morgan fingerprint density at radius 3 is 2.37 bits per heavy atom. The zero-order valence-corrected chi connectivity index (χ0v) is 14.4. The van der Waals surface area contributed by atoms with E-state index in [2.05, 4.69) is 0 Å². The molecule has 9 nitrogen and oxygen atoms in total. The Kier molecular flexibility index (Phi) is 5.88. The SMILES string of the molecule is CN(O)C(=O)C(=O)CC(O)(Cc1cccc([N+](=O)[O-])c1)c1ccc(O)cc1. The summed E-state index contributed by atoms with van der Waals surface area (Å²) in [5.41, 5.74) is -1.46. The van der Waals surface area contributed by atoms with Crippen molar-refractivity contribution in [3.8, 4) is 5.75 Å². The predicted molar refractivity (Wildman–Crippen MR) is 93.0 cm³/mol. The Morgan fingerprint density at radius 2 is 1.81 bits per heavy atom. The van der Waals surface area contributed by atoms with Crippen LogP contribution in [0.1, 0.15) is 17.5 Å². The third kappa shape index (κ3) is 4.87. The van der Waals surface area contributed by atoms with Crippen molar-refractivity contribution in [2.24, 2.45) is 0 Å². The summed E-state index contributed by atoms with van der Waals surface area (Å²) in [6, 6.07) is 10.9. The molecule has 9 heteroatoms. The third-order valence-corrected chi connectivity index (χ3v) is 4.01. The number of hydroxylamine groups is 2. The van der Waals surface area contributed by atoms with Gasteiger partial charge in [0.15, 0.2) is 0 Å². The second-order valence-electron chi connectivity index (χ2n) is 6.11. The van der Waals surface area contributed by atoms with E-state index in [9.17, 15) is 29.9 Å². The Balaban J connectivity index is 2.41. The number of ketones is 1. The zero-order chi connectivity index (χ0) is 20.2. The van der Waals surface area contributed by atoms with Crippen molar-refractivity contribution >= 4 is 17.4 Å². The van der Waals surface area contributed by atoms with Crippen LogP contribution in [0.5, 0.6) is 5.75 Å². The molecule has 0 aliphatic rings. The molecule has 27 heavy (non-hydrogen) atoms. The van der Waals surface area contributed by atoms with E-state index in [4.69, 9.17) is 5.21 Å². The van der Waals surface area contributed by atoms with Crippen LogP contribution in [0.2, 0.25) is 0 Å². The minimum atomic E-state index is -1.88. The fourth-order valence-corrected chi connectivity index (χ4v) is 2.68. The third-order valence-electron chi connectivity index (χ3n) is 4.01. The molecule has 0 spiro atoms. The molecule has 0 heterocycles. The van der Waals surface area contributed by atoms with Crippen LogP contribution in [0.15, 0.2) is 48.5 Å². The number of amides is 1. The number of phenolic OH excluding ortho intramolecular Hbond substituents is 1. The van der Waals surface area contributed by atoms with E-state index in [1.54, 1.807) is 6.07 Å². The van der Waals surface area contributed by atoms with E-state index in [1.807, 2.05) is 0 Å². The minimum absolute atomic E-state index is 0.0612. The maximum absolute atomic E-state index is 12.1. The van der Waals surface area contributed by atoms with Gasteiger partial charge >= 0.3 is 5.91 Å². The molecule has 3 N–H and O–H groups in total. The van der Waals surface area contributed by atoms with Crippen LogP contribution >= 0.6 is 0 Å². The van der Waals surface area contributed by atoms with Gasteiger partial charge in [-0.05, 0) is 23.3 Å². The predicted octanol–water partition coefficient (Wildman–Crippen LogP) is 1.54.